The van der Waals surface area contributed by atoms with E-state index in [0.717, 1.165) is 29.3 Å². The van der Waals surface area contributed by atoms with Gasteiger partial charge in [0.25, 0.3) is 0 Å². The van der Waals surface area contributed by atoms with Crippen molar-refractivity contribution in [3.8, 4) is 11.3 Å². The normalized spacial score (nSPS) is 10.7. The average Bonchev–Trinajstić information content (AvgIpc) is 3.14. The number of aryl methyl sites for hydroxylation is 4. The van der Waals surface area contributed by atoms with Gasteiger partial charge in [-0.05, 0) is 32.4 Å². The van der Waals surface area contributed by atoms with Crippen LogP contribution in [0, 0.1) is 13.8 Å². The molecule has 0 bridgehead atoms. The highest BCUT2D eigenvalue weighted by Gasteiger charge is 2.10. The van der Waals surface area contributed by atoms with E-state index in [4.69, 9.17) is 0 Å². The second-order valence-electron chi connectivity index (χ2n) is 5.94. The molecule has 2 amide bonds. The third-order valence-electron chi connectivity index (χ3n) is 3.87. The molecule has 0 saturated heterocycles. The first-order chi connectivity index (χ1) is 12.5. The number of nitrogens with zero attached hydrogens (tertiary/aromatic N) is 6. The fourth-order valence-electron chi connectivity index (χ4n) is 2.60. The molecule has 136 valence electrons. The first-order valence-electron chi connectivity index (χ1n) is 8.40. The lowest BCUT2D eigenvalue weighted by atomic mass is 10.2. The number of carbonyl (C=O) groups excluding carboxylic acids is 1. The Morgan fingerprint density at radius 3 is 2.81 bits per heavy atom. The number of pyridine rings is 1. The summed E-state index contributed by atoms with van der Waals surface area (Å²) < 4.78 is 3.47. The van der Waals surface area contributed by atoms with Gasteiger partial charge in [0.05, 0.1) is 5.69 Å². The fourth-order valence-corrected chi connectivity index (χ4v) is 2.60. The molecule has 0 fully saturated rings. The number of nitrogens with one attached hydrogen (secondary N) is 2. The van der Waals surface area contributed by atoms with Gasteiger partial charge in [-0.25, -0.2) is 9.78 Å². The molecule has 9 heteroatoms. The maximum atomic E-state index is 12.1. The van der Waals surface area contributed by atoms with E-state index in [1.807, 2.05) is 36.7 Å². The molecule has 0 saturated carbocycles. The van der Waals surface area contributed by atoms with Crippen LogP contribution < -0.4 is 10.6 Å². The first-order valence-corrected chi connectivity index (χ1v) is 8.40. The van der Waals surface area contributed by atoms with E-state index in [0.29, 0.717) is 18.9 Å². The Morgan fingerprint density at radius 2 is 2.12 bits per heavy atom. The van der Waals surface area contributed by atoms with Gasteiger partial charge in [-0.3, -0.25) is 19.7 Å². The van der Waals surface area contributed by atoms with Crippen molar-refractivity contribution >= 4 is 11.8 Å². The maximum Gasteiger partial charge on any atom is 0.320 e. The molecule has 0 atom stereocenters. The highest BCUT2D eigenvalue weighted by Crippen LogP contribution is 2.20. The standard InChI is InChI=1S/C17H22N8O/c1-12-20-13(2)25(22-12)9-5-8-19-17(26)21-16-10-15(23-24(16)3)14-6-4-7-18-11-14/h4,6-7,10-11H,5,8-9H2,1-3H3,(H2,19,21,26). The summed E-state index contributed by atoms with van der Waals surface area (Å²) in [5.74, 6) is 2.25. The van der Waals surface area contributed by atoms with Gasteiger partial charge in [0, 0.05) is 44.2 Å². The van der Waals surface area contributed by atoms with Gasteiger partial charge in [-0.1, -0.05) is 0 Å². The Balaban J connectivity index is 1.49. The van der Waals surface area contributed by atoms with E-state index in [9.17, 15) is 4.79 Å². The lowest BCUT2D eigenvalue weighted by Gasteiger charge is -2.08. The maximum absolute atomic E-state index is 12.1. The van der Waals surface area contributed by atoms with Crippen LogP contribution in [0.15, 0.2) is 30.6 Å². The number of anilines is 1. The highest BCUT2D eigenvalue weighted by atomic mass is 16.2. The van der Waals surface area contributed by atoms with Gasteiger partial charge in [0.1, 0.15) is 17.5 Å². The quantitative estimate of drug-likeness (QED) is 0.658. The van der Waals surface area contributed by atoms with Gasteiger partial charge in [0.2, 0.25) is 0 Å². The molecule has 0 aromatic carbocycles. The molecule has 0 aliphatic heterocycles. The van der Waals surface area contributed by atoms with Crippen LogP contribution in [0.4, 0.5) is 10.6 Å². The number of carbonyl (C=O) groups is 1. The highest BCUT2D eigenvalue weighted by molar-refractivity contribution is 5.89. The van der Waals surface area contributed by atoms with E-state index < -0.39 is 0 Å². The Morgan fingerprint density at radius 1 is 1.27 bits per heavy atom. The molecular formula is C17H22N8O. The summed E-state index contributed by atoms with van der Waals surface area (Å²) in [5.41, 5.74) is 1.66. The molecule has 0 radical (unpaired) electrons. The zero-order valence-corrected chi connectivity index (χ0v) is 15.1. The van der Waals surface area contributed by atoms with Crippen molar-refractivity contribution in [2.75, 3.05) is 11.9 Å². The lowest BCUT2D eigenvalue weighted by molar-refractivity contribution is 0.251. The van der Waals surface area contributed by atoms with Crippen LogP contribution in [0.3, 0.4) is 0 Å². The summed E-state index contributed by atoms with van der Waals surface area (Å²) in [6.45, 7) is 5.03. The van der Waals surface area contributed by atoms with Crippen molar-refractivity contribution in [1.82, 2.24) is 34.8 Å². The van der Waals surface area contributed by atoms with Gasteiger partial charge < -0.3 is 5.32 Å². The minimum Gasteiger partial charge on any atom is -0.338 e. The number of amides is 2. The Labute approximate surface area is 151 Å². The zero-order chi connectivity index (χ0) is 18.5. The second kappa shape index (κ2) is 7.77. The van der Waals surface area contributed by atoms with Crippen LogP contribution in [0.1, 0.15) is 18.1 Å². The third-order valence-corrected chi connectivity index (χ3v) is 3.87. The zero-order valence-electron chi connectivity index (χ0n) is 15.1. The van der Waals surface area contributed by atoms with Crippen LogP contribution in [0.2, 0.25) is 0 Å². The summed E-state index contributed by atoms with van der Waals surface area (Å²) in [6.07, 6.45) is 4.21. The van der Waals surface area contributed by atoms with E-state index in [1.54, 1.807) is 24.1 Å². The molecule has 26 heavy (non-hydrogen) atoms. The summed E-state index contributed by atoms with van der Waals surface area (Å²) in [4.78, 5) is 20.4. The van der Waals surface area contributed by atoms with Crippen LogP contribution >= 0.6 is 0 Å². The minimum atomic E-state index is -0.266. The molecular weight excluding hydrogens is 332 g/mol. The topological polar surface area (TPSA) is 103 Å². The molecule has 3 aromatic heterocycles. The molecule has 9 nitrogen and oxygen atoms in total. The van der Waals surface area contributed by atoms with Gasteiger partial charge in [-0.2, -0.15) is 10.2 Å². The monoisotopic (exact) mass is 354 g/mol. The van der Waals surface area contributed by atoms with E-state index in [2.05, 4.69) is 30.8 Å². The molecule has 0 unspecified atom stereocenters. The SMILES string of the molecule is Cc1nc(C)n(CCCNC(=O)Nc2cc(-c3cccnc3)nn2C)n1. The van der Waals surface area contributed by atoms with E-state index in [-0.39, 0.29) is 6.03 Å². The summed E-state index contributed by atoms with van der Waals surface area (Å²) in [6, 6.07) is 5.32. The fraction of sp³-hybridized carbons (Fsp3) is 0.353. The van der Waals surface area contributed by atoms with E-state index in [1.165, 1.54) is 0 Å². The predicted molar refractivity (Wildman–Crippen MR) is 97.6 cm³/mol. The van der Waals surface area contributed by atoms with Crippen molar-refractivity contribution in [2.45, 2.75) is 26.8 Å². The molecule has 0 aliphatic carbocycles. The average molecular weight is 354 g/mol. The number of aromatic nitrogens is 6. The van der Waals surface area contributed by atoms with Crippen LogP contribution in [-0.2, 0) is 13.6 Å². The second-order valence-corrected chi connectivity index (χ2v) is 5.94. The smallest absolute Gasteiger partial charge is 0.320 e. The Hall–Kier alpha value is -3.23. The van der Waals surface area contributed by atoms with Crippen molar-refractivity contribution in [3.63, 3.8) is 0 Å². The van der Waals surface area contributed by atoms with Crippen molar-refractivity contribution in [1.29, 1.82) is 0 Å². The number of hydrogen-bond donors (Lipinski definition) is 2. The van der Waals surface area contributed by atoms with Crippen molar-refractivity contribution in [2.24, 2.45) is 7.05 Å². The van der Waals surface area contributed by atoms with Crippen LogP contribution in [-0.4, -0.2) is 42.1 Å². The summed E-state index contributed by atoms with van der Waals surface area (Å²) in [7, 11) is 1.78. The number of hydrogen-bond acceptors (Lipinski definition) is 5. The molecule has 3 rings (SSSR count). The predicted octanol–water partition coefficient (Wildman–Crippen LogP) is 1.90. The molecule has 0 aliphatic rings. The van der Waals surface area contributed by atoms with E-state index >= 15 is 0 Å². The molecule has 3 heterocycles. The largest absolute Gasteiger partial charge is 0.338 e. The molecule has 0 spiro atoms. The van der Waals surface area contributed by atoms with Gasteiger partial charge in [0.15, 0.2) is 0 Å². The van der Waals surface area contributed by atoms with Crippen molar-refractivity contribution in [3.05, 3.63) is 42.2 Å². The summed E-state index contributed by atoms with van der Waals surface area (Å²) >= 11 is 0. The van der Waals surface area contributed by atoms with Crippen LogP contribution in [0.25, 0.3) is 11.3 Å². The van der Waals surface area contributed by atoms with Gasteiger partial charge >= 0.3 is 6.03 Å². The molecule has 3 aromatic rings. The summed E-state index contributed by atoms with van der Waals surface area (Å²) in [5, 5.41) is 14.3. The van der Waals surface area contributed by atoms with Crippen molar-refractivity contribution < 1.29 is 4.79 Å². The third kappa shape index (κ3) is 4.24. The number of rotatable bonds is 6. The Bertz CT molecular complexity index is 884. The minimum absolute atomic E-state index is 0.266. The Kier molecular flexibility index (Phi) is 5.26. The molecule has 2 N–H and O–H groups in total. The van der Waals surface area contributed by atoms with Crippen LogP contribution in [0.5, 0.6) is 0 Å². The lowest BCUT2D eigenvalue weighted by Crippen LogP contribution is -2.30. The number of urea groups is 1. The first kappa shape index (κ1) is 17.6. The van der Waals surface area contributed by atoms with Gasteiger partial charge in [-0.15, -0.1) is 0 Å².